The molecular weight excluding hydrogens is 490 g/mol. The van der Waals surface area contributed by atoms with Gasteiger partial charge in [0.2, 0.25) is 11.8 Å². The number of nitriles is 1. The number of hydrogen-bond donors (Lipinski definition) is 3. The van der Waals surface area contributed by atoms with E-state index in [4.69, 9.17) is 11.6 Å². The number of rotatable bonds is 5. The summed E-state index contributed by atoms with van der Waals surface area (Å²) >= 11 is 6.32. The first-order chi connectivity index (χ1) is 17.6. The monoisotopic (exact) mass is 523 g/mol. The molecule has 1 saturated carbocycles. The predicted octanol–water partition coefficient (Wildman–Crippen LogP) is 4.30. The molecule has 3 N–H and O–H groups in total. The Morgan fingerprint density at radius 1 is 1.24 bits per heavy atom. The normalized spacial score (nSPS) is 25.1. The Labute approximate surface area is 222 Å². The van der Waals surface area contributed by atoms with Crippen LogP contribution in [-0.4, -0.2) is 51.8 Å². The van der Waals surface area contributed by atoms with E-state index in [1.54, 1.807) is 17.0 Å². The number of para-hydroxylation sites is 1. The molecule has 3 heterocycles. The lowest BCUT2D eigenvalue weighted by atomic mass is 9.72. The molecule has 1 aliphatic carbocycles. The molecule has 1 unspecified atom stereocenters. The zero-order valence-corrected chi connectivity index (χ0v) is 22.2. The van der Waals surface area contributed by atoms with Crippen molar-refractivity contribution >= 4 is 40.2 Å². The number of carbonyl (C=O) groups excluding carboxylic acids is 3. The average molecular weight is 524 g/mol. The summed E-state index contributed by atoms with van der Waals surface area (Å²) < 4.78 is 0. The van der Waals surface area contributed by atoms with Gasteiger partial charge in [-0.25, -0.2) is 0 Å². The topological polar surface area (TPSA) is 118 Å². The number of carbonyl (C=O) groups is 3. The van der Waals surface area contributed by atoms with Gasteiger partial charge in [-0.15, -0.1) is 0 Å². The van der Waals surface area contributed by atoms with E-state index in [1.165, 1.54) is 6.42 Å². The third kappa shape index (κ3) is 5.06. The second kappa shape index (κ2) is 9.68. The summed E-state index contributed by atoms with van der Waals surface area (Å²) in [7, 11) is 0. The molecule has 1 aromatic carbocycles. The Hall–Kier alpha value is -3.05. The van der Waals surface area contributed by atoms with Crippen LogP contribution in [0.4, 0.5) is 0 Å². The standard InChI is InChI=1S/C28H34ClN5O3/c1-27(2)13-18(24(35)33-27)11-19(15-30)31-25(36)22-14-28(9-4-3-5-10-28)16-34(22)26(37)21-12-17-7-6-8-20(29)23(17)32-21/h6-8,12,18-19,22,32H,3-5,9-11,13-14,16H2,1-2H3,(H,31,36)(H,33,35)/t18-,19+,22?/m1/s1. The van der Waals surface area contributed by atoms with Gasteiger partial charge >= 0.3 is 0 Å². The summed E-state index contributed by atoms with van der Waals surface area (Å²) in [5.74, 6) is -0.979. The van der Waals surface area contributed by atoms with E-state index in [0.717, 1.165) is 31.1 Å². The molecule has 9 heteroatoms. The number of fused-ring (bicyclic) bond motifs is 1. The molecule has 1 aromatic heterocycles. The Morgan fingerprint density at radius 2 is 2.00 bits per heavy atom. The Balaban J connectivity index is 1.37. The van der Waals surface area contributed by atoms with Crippen molar-refractivity contribution < 1.29 is 14.4 Å². The van der Waals surface area contributed by atoms with E-state index >= 15 is 0 Å². The lowest BCUT2D eigenvalue weighted by Gasteiger charge is -2.32. The SMILES string of the molecule is CC1(C)C[C@@H](C[C@@H](C#N)NC(=O)C2CC3(CCCCC3)CN2C(=O)c2cc3cccc(Cl)c3[nH]2)C(=O)N1. The van der Waals surface area contributed by atoms with Crippen LogP contribution >= 0.6 is 11.6 Å². The first-order valence-corrected chi connectivity index (χ1v) is 13.6. The summed E-state index contributed by atoms with van der Waals surface area (Å²) in [5.41, 5.74) is 0.686. The minimum atomic E-state index is -0.802. The third-order valence-corrected chi connectivity index (χ3v) is 8.72. The van der Waals surface area contributed by atoms with Crippen molar-refractivity contribution in [2.45, 2.75) is 82.8 Å². The molecule has 2 saturated heterocycles. The molecule has 196 valence electrons. The fourth-order valence-corrected chi connectivity index (χ4v) is 6.87. The van der Waals surface area contributed by atoms with Crippen LogP contribution in [0.3, 0.4) is 0 Å². The minimum Gasteiger partial charge on any atom is -0.351 e. The second-order valence-electron chi connectivity index (χ2n) is 11.8. The highest BCUT2D eigenvalue weighted by atomic mass is 35.5. The molecule has 2 aliphatic heterocycles. The molecule has 37 heavy (non-hydrogen) atoms. The number of likely N-dealkylation sites (tertiary alicyclic amines) is 1. The van der Waals surface area contributed by atoms with E-state index in [9.17, 15) is 19.6 Å². The maximum atomic E-state index is 13.8. The number of halogens is 1. The van der Waals surface area contributed by atoms with Gasteiger partial charge in [-0.05, 0) is 63.5 Å². The van der Waals surface area contributed by atoms with Crippen molar-refractivity contribution in [3.05, 3.63) is 35.0 Å². The predicted molar refractivity (Wildman–Crippen MR) is 141 cm³/mol. The number of nitrogens with one attached hydrogen (secondary N) is 3. The maximum Gasteiger partial charge on any atom is 0.271 e. The fraction of sp³-hybridized carbons (Fsp3) is 0.571. The Kier molecular flexibility index (Phi) is 6.70. The Bertz CT molecular complexity index is 1270. The van der Waals surface area contributed by atoms with Gasteiger partial charge in [-0.3, -0.25) is 14.4 Å². The first kappa shape index (κ1) is 25.6. The highest BCUT2D eigenvalue weighted by molar-refractivity contribution is 6.35. The largest absolute Gasteiger partial charge is 0.351 e. The molecule has 0 bridgehead atoms. The number of hydrogen-bond acceptors (Lipinski definition) is 4. The van der Waals surface area contributed by atoms with Crippen molar-refractivity contribution in [2.24, 2.45) is 11.3 Å². The molecule has 5 rings (SSSR count). The van der Waals surface area contributed by atoms with Crippen molar-refractivity contribution in [2.75, 3.05) is 6.54 Å². The number of aromatic amines is 1. The molecule has 1 spiro atoms. The van der Waals surface area contributed by atoms with Crippen LogP contribution in [0, 0.1) is 22.7 Å². The lowest BCUT2D eigenvalue weighted by Crippen LogP contribution is -2.49. The summed E-state index contributed by atoms with van der Waals surface area (Å²) in [6.45, 7) is 4.42. The number of benzene rings is 1. The summed E-state index contributed by atoms with van der Waals surface area (Å²) in [6.07, 6.45) is 6.77. The second-order valence-corrected chi connectivity index (χ2v) is 12.2. The zero-order valence-electron chi connectivity index (χ0n) is 21.4. The lowest BCUT2D eigenvalue weighted by molar-refractivity contribution is -0.126. The van der Waals surface area contributed by atoms with E-state index in [2.05, 4.69) is 21.7 Å². The van der Waals surface area contributed by atoms with E-state index in [-0.39, 0.29) is 41.0 Å². The third-order valence-electron chi connectivity index (χ3n) is 8.40. The fourth-order valence-electron chi connectivity index (χ4n) is 6.64. The summed E-state index contributed by atoms with van der Waals surface area (Å²) in [4.78, 5) is 44.6. The van der Waals surface area contributed by atoms with Crippen LogP contribution < -0.4 is 10.6 Å². The minimum absolute atomic E-state index is 0.0862. The van der Waals surface area contributed by atoms with Gasteiger partial charge in [0.15, 0.2) is 0 Å². The van der Waals surface area contributed by atoms with Gasteiger partial charge in [0.1, 0.15) is 17.8 Å². The molecule has 3 fully saturated rings. The summed E-state index contributed by atoms with van der Waals surface area (Å²) in [6, 6.07) is 7.97. The van der Waals surface area contributed by atoms with Crippen LogP contribution in [0.15, 0.2) is 24.3 Å². The quantitative estimate of drug-likeness (QED) is 0.541. The number of aromatic nitrogens is 1. The summed E-state index contributed by atoms with van der Waals surface area (Å²) in [5, 5.41) is 17.0. The zero-order chi connectivity index (χ0) is 26.4. The highest BCUT2D eigenvalue weighted by Crippen LogP contribution is 2.47. The molecule has 3 aliphatic rings. The molecular formula is C28H34ClN5O3. The van der Waals surface area contributed by atoms with Crippen LogP contribution in [0.1, 0.15) is 75.7 Å². The van der Waals surface area contributed by atoms with Crippen molar-refractivity contribution in [1.82, 2.24) is 20.5 Å². The molecule has 8 nitrogen and oxygen atoms in total. The van der Waals surface area contributed by atoms with Gasteiger partial charge in [-0.1, -0.05) is 43.0 Å². The van der Waals surface area contributed by atoms with Gasteiger partial charge in [0.25, 0.3) is 5.91 Å². The molecule has 3 atom stereocenters. The highest BCUT2D eigenvalue weighted by Gasteiger charge is 2.49. The van der Waals surface area contributed by atoms with Crippen molar-refractivity contribution in [3.8, 4) is 6.07 Å². The van der Waals surface area contributed by atoms with Gasteiger partial charge in [0.05, 0.1) is 16.6 Å². The van der Waals surface area contributed by atoms with Crippen molar-refractivity contribution in [3.63, 3.8) is 0 Å². The average Bonchev–Trinajstić information content (AvgIpc) is 3.52. The van der Waals surface area contributed by atoms with Crippen LogP contribution in [0.5, 0.6) is 0 Å². The van der Waals surface area contributed by atoms with Crippen LogP contribution in [0.2, 0.25) is 5.02 Å². The van der Waals surface area contributed by atoms with Gasteiger partial charge in [-0.2, -0.15) is 5.26 Å². The van der Waals surface area contributed by atoms with Crippen molar-refractivity contribution in [1.29, 1.82) is 5.26 Å². The van der Waals surface area contributed by atoms with E-state index in [1.807, 2.05) is 26.0 Å². The molecule has 2 aromatic rings. The van der Waals surface area contributed by atoms with Crippen LogP contribution in [0.25, 0.3) is 10.9 Å². The van der Waals surface area contributed by atoms with E-state index in [0.29, 0.717) is 35.6 Å². The number of nitrogens with zero attached hydrogens (tertiary/aromatic N) is 2. The van der Waals surface area contributed by atoms with E-state index < -0.39 is 12.1 Å². The maximum absolute atomic E-state index is 13.8. The van der Waals surface area contributed by atoms with Gasteiger partial charge < -0.3 is 20.5 Å². The molecule has 0 radical (unpaired) electrons. The first-order valence-electron chi connectivity index (χ1n) is 13.2. The number of amides is 3. The van der Waals surface area contributed by atoms with Crippen LogP contribution in [-0.2, 0) is 9.59 Å². The van der Waals surface area contributed by atoms with Gasteiger partial charge in [0, 0.05) is 23.4 Å². The smallest absolute Gasteiger partial charge is 0.271 e. The Morgan fingerprint density at radius 3 is 2.65 bits per heavy atom. The molecule has 3 amide bonds. The number of H-pyrrole nitrogens is 1.